The van der Waals surface area contributed by atoms with Gasteiger partial charge in [-0.3, -0.25) is 4.79 Å². The van der Waals surface area contributed by atoms with E-state index in [4.69, 9.17) is 0 Å². The standard InChI is InChI=1S/C11H9BrO2S/c1-8(13)15-6-2-3-9-4-5-10(12)7-11(9)14/h4-5,7,14H,6H2,1H3. The fourth-order valence-electron chi connectivity index (χ4n) is 0.880. The Morgan fingerprint density at radius 1 is 1.60 bits per heavy atom. The summed E-state index contributed by atoms with van der Waals surface area (Å²) in [5.74, 6) is 6.20. The van der Waals surface area contributed by atoms with Gasteiger partial charge in [0.05, 0.1) is 11.3 Å². The van der Waals surface area contributed by atoms with Crippen molar-refractivity contribution in [3.05, 3.63) is 28.2 Å². The van der Waals surface area contributed by atoms with Gasteiger partial charge in [-0.25, -0.2) is 0 Å². The van der Waals surface area contributed by atoms with Gasteiger partial charge in [-0.05, 0) is 18.2 Å². The van der Waals surface area contributed by atoms with E-state index in [9.17, 15) is 9.90 Å². The third kappa shape index (κ3) is 4.41. The van der Waals surface area contributed by atoms with Crippen LogP contribution in [0, 0.1) is 11.8 Å². The molecule has 15 heavy (non-hydrogen) atoms. The first-order valence-corrected chi connectivity index (χ1v) is 5.98. The van der Waals surface area contributed by atoms with Gasteiger partial charge in [0.25, 0.3) is 0 Å². The predicted molar refractivity (Wildman–Crippen MR) is 65.8 cm³/mol. The van der Waals surface area contributed by atoms with Gasteiger partial charge in [0.1, 0.15) is 5.75 Å². The van der Waals surface area contributed by atoms with Gasteiger partial charge in [0.2, 0.25) is 0 Å². The van der Waals surface area contributed by atoms with Crippen LogP contribution in [0.4, 0.5) is 0 Å². The van der Waals surface area contributed by atoms with Crippen molar-refractivity contribution < 1.29 is 9.90 Å². The molecule has 0 heterocycles. The average Bonchev–Trinajstić information content (AvgIpc) is 2.14. The Bertz CT molecular complexity index is 432. The summed E-state index contributed by atoms with van der Waals surface area (Å²) in [7, 11) is 0. The van der Waals surface area contributed by atoms with Gasteiger partial charge in [-0.2, -0.15) is 0 Å². The zero-order valence-electron chi connectivity index (χ0n) is 8.08. The Balaban J connectivity index is 2.67. The van der Waals surface area contributed by atoms with E-state index in [1.165, 1.54) is 6.92 Å². The molecule has 0 aliphatic carbocycles. The minimum absolute atomic E-state index is 0.0457. The molecule has 4 heteroatoms. The highest BCUT2D eigenvalue weighted by molar-refractivity contribution is 9.10. The molecule has 1 aromatic carbocycles. The van der Waals surface area contributed by atoms with Crippen molar-refractivity contribution in [2.75, 3.05) is 5.75 Å². The first-order valence-electron chi connectivity index (χ1n) is 4.20. The largest absolute Gasteiger partial charge is 0.507 e. The van der Waals surface area contributed by atoms with Crippen molar-refractivity contribution in [3.63, 3.8) is 0 Å². The molecule has 0 aliphatic rings. The third-order valence-corrected chi connectivity index (χ3v) is 2.72. The number of benzene rings is 1. The average molecular weight is 285 g/mol. The summed E-state index contributed by atoms with van der Waals surface area (Å²) in [5.41, 5.74) is 0.572. The van der Waals surface area contributed by atoms with Gasteiger partial charge in [0, 0.05) is 11.4 Å². The Labute approximate surface area is 101 Å². The fourth-order valence-corrected chi connectivity index (χ4v) is 1.58. The molecule has 0 aromatic heterocycles. The van der Waals surface area contributed by atoms with Gasteiger partial charge in [-0.1, -0.05) is 39.5 Å². The molecule has 0 saturated carbocycles. The van der Waals surface area contributed by atoms with E-state index >= 15 is 0 Å². The SMILES string of the molecule is CC(=O)SCC#Cc1ccc(Br)cc1O. The van der Waals surface area contributed by atoms with Crippen molar-refractivity contribution in [1.82, 2.24) is 0 Å². The van der Waals surface area contributed by atoms with Crippen molar-refractivity contribution in [2.24, 2.45) is 0 Å². The maximum atomic E-state index is 10.6. The summed E-state index contributed by atoms with van der Waals surface area (Å²) < 4.78 is 0.809. The van der Waals surface area contributed by atoms with E-state index in [2.05, 4.69) is 27.8 Å². The molecule has 0 spiro atoms. The normalized spacial score (nSPS) is 9.20. The fraction of sp³-hybridized carbons (Fsp3) is 0.182. The summed E-state index contributed by atoms with van der Waals surface area (Å²) in [6.45, 7) is 1.50. The molecule has 1 aromatic rings. The van der Waals surface area contributed by atoms with Crippen LogP contribution in [0.2, 0.25) is 0 Å². The van der Waals surface area contributed by atoms with E-state index in [1.54, 1.807) is 12.1 Å². The van der Waals surface area contributed by atoms with Crippen molar-refractivity contribution in [1.29, 1.82) is 0 Å². The second kappa shape index (κ2) is 5.84. The molecule has 0 aliphatic heterocycles. The van der Waals surface area contributed by atoms with Crippen molar-refractivity contribution in [2.45, 2.75) is 6.92 Å². The lowest BCUT2D eigenvalue weighted by Gasteiger charge is -1.96. The summed E-state index contributed by atoms with van der Waals surface area (Å²) in [4.78, 5) is 10.6. The Morgan fingerprint density at radius 3 is 2.93 bits per heavy atom. The number of thioether (sulfide) groups is 1. The van der Waals surface area contributed by atoms with E-state index in [0.29, 0.717) is 11.3 Å². The summed E-state index contributed by atoms with van der Waals surface area (Å²) >= 11 is 4.40. The molecule has 0 bridgehead atoms. The van der Waals surface area contributed by atoms with Gasteiger partial charge < -0.3 is 5.11 Å². The number of hydrogen-bond donors (Lipinski definition) is 1. The number of hydrogen-bond acceptors (Lipinski definition) is 3. The third-order valence-electron chi connectivity index (χ3n) is 1.53. The summed E-state index contributed by atoms with van der Waals surface area (Å²) in [6.07, 6.45) is 0. The molecule has 1 N–H and O–H groups in total. The number of rotatable bonds is 1. The Kier molecular flexibility index (Phi) is 4.73. The molecule has 0 radical (unpaired) electrons. The smallest absolute Gasteiger partial charge is 0.186 e. The first kappa shape index (κ1) is 12.2. The number of phenols is 1. The minimum atomic E-state index is 0.0457. The second-order valence-electron chi connectivity index (χ2n) is 2.74. The molecular weight excluding hydrogens is 276 g/mol. The monoisotopic (exact) mass is 284 g/mol. The van der Waals surface area contributed by atoms with E-state index < -0.39 is 0 Å². The lowest BCUT2D eigenvalue weighted by Crippen LogP contribution is -1.82. The van der Waals surface area contributed by atoms with Crippen LogP contribution in [0.25, 0.3) is 0 Å². The maximum Gasteiger partial charge on any atom is 0.186 e. The molecule has 0 unspecified atom stereocenters. The molecule has 0 fully saturated rings. The zero-order valence-corrected chi connectivity index (χ0v) is 10.5. The number of carbonyl (C=O) groups excluding carboxylic acids is 1. The van der Waals surface area contributed by atoms with Crippen LogP contribution in [0.15, 0.2) is 22.7 Å². The van der Waals surface area contributed by atoms with Crippen LogP contribution in [-0.2, 0) is 4.79 Å². The number of phenolic OH excluding ortho intramolecular Hbond substituents is 1. The van der Waals surface area contributed by atoms with E-state index in [0.717, 1.165) is 16.2 Å². The quantitative estimate of drug-likeness (QED) is 0.806. The van der Waals surface area contributed by atoms with Gasteiger partial charge >= 0.3 is 0 Å². The number of carbonyl (C=O) groups is 1. The highest BCUT2D eigenvalue weighted by atomic mass is 79.9. The van der Waals surface area contributed by atoms with Crippen LogP contribution in [0.5, 0.6) is 5.75 Å². The molecule has 2 nitrogen and oxygen atoms in total. The minimum Gasteiger partial charge on any atom is -0.507 e. The topological polar surface area (TPSA) is 37.3 Å². The lowest BCUT2D eigenvalue weighted by atomic mass is 10.2. The molecule has 0 saturated heterocycles. The molecule has 0 amide bonds. The molecule has 78 valence electrons. The maximum absolute atomic E-state index is 10.6. The Hall–Kier alpha value is -0.920. The molecular formula is C11H9BrO2S. The highest BCUT2D eigenvalue weighted by Crippen LogP contribution is 2.21. The highest BCUT2D eigenvalue weighted by Gasteiger charge is 1.97. The summed E-state index contributed by atoms with van der Waals surface area (Å²) in [6, 6.07) is 5.12. The first-order chi connectivity index (χ1) is 7.09. The predicted octanol–water partition coefficient (Wildman–Crippen LogP) is 2.79. The van der Waals surface area contributed by atoms with Crippen LogP contribution >= 0.6 is 27.7 Å². The molecule has 0 atom stereocenters. The van der Waals surface area contributed by atoms with E-state index in [-0.39, 0.29) is 10.9 Å². The molecule has 1 rings (SSSR count). The van der Waals surface area contributed by atoms with Crippen LogP contribution in [-0.4, -0.2) is 16.0 Å². The number of halogens is 1. The van der Waals surface area contributed by atoms with Crippen LogP contribution < -0.4 is 0 Å². The lowest BCUT2D eigenvalue weighted by molar-refractivity contribution is -0.109. The van der Waals surface area contributed by atoms with E-state index in [1.807, 2.05) is 6.07 Å². The van der Waals surface area contributed by atoms with Gasteiger partial charge in [0.15, 0.2) is 5.12 Å². The van der Waals surface area contributed by atoms with Crippen molar-refractivity contribution in [3.8, 4) is 17.6 Å². The number of aromatic hydroxyl groups is 1. The van der Waals surface area contributed by atoms with Crippen LogP contribution in [0.1, 0.15) is 12.5 Å². The second-order valence-corrected chi connectivity index (χ2v) is 4.81. The van der Waals surface area contributed by atoms with Gasteiger partial charge in [-0.15, -0.1) is 0 Å². The Morgan fingerprint density at radius 2 is 2.33 bits per heavy atom. The van der Waals surface area contributed by atoms with Crippen molar-refractivity contribution >= 4 is 32.8 Å². The van der Waals surface area contributed by atoms with Crippen LogP contribution in [0.3, 0.4) is 0 Å². The summed E-state index contributed by atoms with van der Waals surface area (Å²) in [5, 5.41) is 9.54. The zero-order chi connectivity index (χ0) is 11.3.